The number of halogens is 1. The molecule has 0 bridgehead atoms. The second-order valence-corrected chi connectivity index (χ2v) is 6.77. The summed E-state index contributed by atoms with van der Waals surface area (Å²) in [5.74, 6) is -0.461. The number of anilines is 1. The van der Waals surface area contributed by atoms with Crippen LogP contribution in [0, 0.1) is 0 Å². The molecule has 2 heterocycles. The first-order valence-corrected chi connectivity index (χ1v) is 9.05. The molecule has 0 aliphatic rings. The molecule has 7 nitrogen and oxygen atoms in total. The first-order chi connectivity index (χ1) is 13.5. The van der Waals surface area contributed by atoms with E-state index in [0.717, 1.165) is 0 Å². The van der Waals surface area contributed by atoms with Gasteiger partial charge in [0.1, 0.15) is 5.56 Å². The molecule has 0 atom stereocenters. The van der Waals surface area contributed by atoms with Gasteiger partial charge in [-0.15, -0.1) is 0 Å². The number of nitrogens with one attached hydrogen (secondary N) is 1. The fraction of sp³-hybridized carbons (Fsp3) is 0.200. The second kappa shape index (κ2) is 8.67. The third kappa shape index (κ3) is 4.55. The number of nitrogens with zero attached hydrogens (tertiary/aromatic N) is 3. The molecule has 28 heavy (non-hydrogen) atoms. The van der Waals surface area contributed by atoms with Gasteiger partial charge < -0.3 is 10.1 Å². The Morgan fingerprint density at radius 3 is 2.57 bits per heavy atom. The molecular formula is C20H19ClN4O3. The number of hydrogen-bond acceptors (Lipinski definition) is 5. The van der Waals surface area contributed by atoms with Crippen LogP contribution in [0.5, 0.6) is 0 Å². The van der Waals surface area contributed by atoms with Gasteiger partial charge in [-0.1, -0.05) is 31.5 Å². The van der Waals surface area contributed by atoms with Gasteiger partial charge in [0.05, 0.1) is 11.9 Å². The van der Waals surface area contributed by atoms with Crippen molar-refractivity contribution in [1.82, 2.24) is 14.8 Å². The molecule has 1 N–H and O–H groups in total. The lowest BCUT2D eigenvalue weighted by atomic mass is 10.1. The number of benzene rings is 1. The topological polar surface area (TPSA) is 86.1 Å². The first kappa shape index (κ1) is 19.6. The van der Waals surface area contributed by atoms with Crippen molar-refractivity contribution in [3.63, 3.8) is 0 Å². The Hall–Kier alpha value is -3.19. The van der Waals surface area contributed by atoms with E-state index in [1.165, 1.54) is 6.20 Å². The van der Waals surface area contributed by atoms with Crippen LogP contribution >= 0.6 is 11.6 Å². The maximum absolute atomic E-state index is 12.5. The Balaban J connectivity index is 1.69. The predicted octanol–water partition coefficient (Wildman–Crippen LogP) is 3.84. The Kier molecular flexibility index (Phi) is 6.06. The van der Waals surface area contributed by atoms with Crippen LogP contribution in [0.25, 0.3) is 5.82 Å². The Morgan fingerprint density at radius 2 is 1.93 bits per heavy atom. The van der Waals surface area contributed by atoms with Crippen LogP contribution in [0.4, 0.5) is 5.69 Å². The van der Waals surface area contributed by atoms with Crippen LogP contribution in [-0.2, 0) is 9.53 Å². The van der Waals surface area contributed by atoms with Crippen molar-refractivity contribution in [2.45, 2.75) is 19.8 Å². The Morgan fingerprint density at radius 1 is 1.18 bits per heavy atom. The fourth-order valence-electron chi connectivity index (χ4n) is 2.67. The Labute approximate surface area is 167 Å². The number of esters is 1. The largest absolute Gasteiger partial charge is 0.452 e. The zero-order chi connectivity index (χ0) is 20.1. The number of carbonyl (C=O) groups is 2. The molecule has 0 unspecified atom stereocenters. The van der Waals surface area contributed by atoms with Crippen molar-refractivity contribution in [3.05, 3.63) is 71.1 Å². The number of pyridine rings is 1. The molecule has 0 spiro atoms. The predicted molar refractivity (Wildman–Crippen MR) is 106 cm³/mol. The normalized spacial score (nSPS) is 10.7. The quantitative estimate of drug-likeness (QED) is 0.637. The van der Waals surface area contributed by atoms with Gasteiger partial charge in [0.15, 0.2) is 12.4 Å². The lowest BCUT2D eigenvalue weighted by Gasteiger charge is -2.12. The molecule has 8 heteroatoms. The van der Waals surface area contributed by atoms with E-state index >= 15 is 0 Å². The van der Waals surface area contributed by atoms with E-state index in [0.29, 0.717) is 27.8 Å². The van der Waals surface area contributed by atoms with E-state index in [2.05, 4.69) is 15.4 Å². The number of aromatic nitrogens is 3. The molecule has 3 rings (SSSR count). The van der Waals surface area contributed by atoms with Gasteiger partial charge in [-0.3, -0.25) is 4.79 Å². The molecule has 0 fully saturated rings. The average Bonchev–Trinajstić information content (AvgIpc) is 3.14. The number of amides is 1. The summed E-state index contributed by atoms with van der Waals surface area (Å²) in [6.07, 6.45) is 3.09. The SMILES string of the molecule is CC(C)c1c(C(=O)OCC(=O)Nc2ccc(Cl)cc2)cnn1-c1ccccn1. The van der Waals surface area contributed by atoms with Crippen LogP contribution < -0.4 is 5.32 Å². The second-order valence-electron chi connectivity index (χ2n) is 6.33. The molecule has 3 aromatic rings. The number of carbonyl (C=O) groups excluding carboxylic acids is 2. The summed E-state index contributed by atoms with van der Waals surface area (Å²) in [6, 6.07) is 12.1. The van der Waals surface area contributed by atoms with E-state index in [4.69, 9.17) is 16.3 Å². The van der Waals surface area contributed by atoms with Crippen LogP contribution in [0.3, 0.4) is 0 Å². The summed E-state index contributed by atoms with van der Waals surface area (Å²) in [4.78, 5) is 28.8. The highest BCUT2D eigenvalue weighted by atomic mass is 35.5. The van der Waals surface area contributed by atoms with Gasteiger partial charge in [0, 0.05) is 16.9 Å². The van der Waals surface area contributed by atoms with Crippen LogP contribution in [0.15, 0.2) is 54.9 Å². The molecule has 144 valence electrons. The smallest absolute Gasteiger partial charge is 0.342 e. The van der Waals surface area contributed by atoms with Gasteiger partial charge in [-0.25, -0.2) is 14.5 Å². The van der Waals surface area contributed by atoms with E-state index in [1.54, 1.807) is 47.3 Å². The minimum absolute atomic E-state index is 0.00468. The molecule has 1 amide bonds. The number of ether oxygens (including phenoxy) is 1. The summed E-state index contributed by atoms with van der Waals surface area (Å²) >= 11 is 5.81. The molecule has 0 aliphatic heterocycles. The van der Waals surface area contributed by atoms with Crippen molar-refractivity contribution in [2.24, 2.45) is 0 Å². The van der Waals surface area contributed by atoms with E-state index < -0.39 is 18.5 Å². The summed E-state index contributed by atoms with van der Waals surface area (Å²) in [6.45, 7) is 3.48. The van der Waals surface area contributed by atoms with E-state index in [-0.39, 0.29) is 5.92 Å². The highest BCUT2D eigenvalue weighted by Gasteiger charge is 2.23. The minimum atomic E-state index is -0.614. The summed E-state index contributed by atoms with van der Waals surface area (Å²) < 4.78 is 6.78. The first-order valence-electron chi connectivity index (χ1n) is 8.67. The molecule has 0 aliphatic carbocycles. The molecule has 0 radical (unpaired) electrons. The van der Waals surface area contributed by atoms with Gasteiger partial charge in [0.2, 0.25) is 0 Å². The molecule has 0 saturated carbocycles. The van der Waals surface area contributed by atoms with Crippen molar-refractivity contribution < 1.29 is 14.3 Å². The lowest BCUT2D eigenvalue weighted by molar-refractivity contribution is -0.119. The zero-order valence-electron chi connectivity index (χ0n) is 15.4. The van der Waals surface area contributed by atoms with Crippen molar-refractivity contribution in [3.8, 4) is 5.82 Å². The molecule has 2 aromatic heterocycles. The fourth-order valence-corrected chi connectivity index (χ4v) is 2.80. The van der Waals surface area contributed by atoms with Gasteiger partial charge in [0.25, 0.3) is 5.91 Å². The van der Waals surface area contributed by atoms with Crippen molar-refractivity contribution in [1.29, 1.82) is 0 Å². The number of rotatable bonds is 6. The summed E-state index contributed by atoms with van der Waals surface area (Å²) in [5.41, 5.74) is 1.54. The monoisotopic (exact) mass is 398 g/mol. The van der Waals surface area contributed by atoms with E-state index in [1.807, 2.05) is 19.9 Å². The molecule has 0 saturated heterocycles. The standard InChI is InChI=1S/C20H19ClN4O3/c1-13(2)19-16(11-23-25(19)17-5-3-4-10-22-17)20(27)28-12-18(26)24-15-8-6-14(21)7-9-15/h3-11,13H,12H2,1-2H3,(H,24,26). The summed E-state index contributed by atoms with van der Waals surface area (Å²) in [7, 11) is 0. The maximum Gasteiger partial charge on any atom is 0.342 e. The van der Waals surface area contributed by atoms with Gasteiger partial charge >= 0.3 is 5.97 Å². The third-order valence-corrected chi connectivity index (χ3v) is 4.15. The van der Waals surface area contributed by atoms with Gasteiger partial charge in [-0.05, 0) is 42.3 Å². The van der Waals surface area contributed by atoms with Crippen LogP contribution in [0.2, 0.25) is 5.02 Å². The summed E-state index contributed by atoms with van der Waals surface area (Å²) in [5, 5.41) is 7.48. The minimum Gasteiger partial charge on any atom is -0.452 e. The third-order valence-electron chi connectivity index (χ3n) is 3.90. The highest BCUT2D eigenvalue weighted by Crippen LogP contribution is 2.23. The maximum atomic E-state index is 12.5. The Bertz CT molecular complexity index is 969. The van der Waals surface area contributed by atoms with Crippen molar-refractivity contribution in [2.75, 3.05) is 11.9 Å². The average molecular weight is 399 g/mol. The lowest BCUT2D eigenvalue weighted by Crippen LogP contribution is -2.21. The molecular weight excluding hydrogens is 380 g/mol. The number of hydrogen-bond donors (Lipinski definition) is 1. The van der Waals surface area contributed by atoms with E-state index in [9.17, 15) is 9.59 Å². The molecule has 1 aromatic carbocycles. The van der Waals surface area contributed by atoms with Gasteiger partial charge in [-0.2, -0.15) is 5.10 Å². The van der Waals surface area contributed by atoms with Crippen LogP contribution in [-0.4, -0.2) is 33.2 Å². The zero-order valence-corrected chi connectivity index (χ0v) is 16.2. The highest BCUT2D eigenvalue weighted by molar-refractivity contribution is 6.30. The van der Waals surface area contributed by atoms with Crippen molar-refractivity contribution >= 4 is 29.2 Å². The van der Waals surface area contributed by atoms with Crippen LogP contribution in [0.1, 0.15) is 35.8 Å².